The molecule has 102 valence electrons. The second kappa shape index (κ2) is 5.75. The monoisotopic (exact) mass is 271 g/mol. The average molecular weight is 271 g/mol. The average Bonchev–Trinajstić information content (AvgIpc) is 3.11. The molecule has 0 saturated carbocycles. The van der Waals surface area contributed by atoms with Crippen LogP contribution in [0.2, 0.25) is 0 Å². The summed E-state index contributed by atoms with van der Waals surface area (Å²) in [5.41, 5.74) is 1.96. The minimum absolute atomic E-state index is 0.248. The Morgan fingerprint density at radius 3 is 2.55 bits per heavy atom. The fourth-order valence-corrected chi connectivity index (χ4v) is 1.97. The lowest BCUT2D eigenvalue weighted by atomic mass is 10.2. The molecule has 0 aliphatic carbocycles. The van der Waals surface area contributed by atoms with Gasteiger partial charge in [0.1, 0.15) is 17.3 Å². The second-order valence-corrected chi connectivity index (χ2v) is 4.51. The summed E-state index contributed by atoms with van der Waals surface area (Å²) in [4.78, 5) is 0. The Bertz CT molecular complexity index is 656. The quantitative estimate of drug-likeness (QED) is 0.763. The van der Waals surface area contributed by atoms with Gasteiger partial charge in [0, 0.05) is 17.7 Å². The van der Waals surface area contributed by atoms with Crippen LogP contribution in [-0.4, -0.2) is 0 Å². The molecule has 4 heteroatoms. The predicted octanol–water partition coefficient (Wildman–Crippen LogP) is 3.97. The second-order valence-electron chi connectivity index (χ2n) is 4.51. The molecule has 0 spiro atoms. The van der Waals surface area contributed by atoms with Crippen molar-refractivity contribution in [2.45, 2.75) is 13.1 Å². The molecule has 20 heavy (non-hydrogen) atoms. The molecule has 0 saturated heterocycles. The molecule has 0 aliphatic heterocycles. The largest absolute Gasteiger partial charge is 0.472 e. The maximum atomic E-state index is 12.9. The van der Waals surface area contributed by atoms with E-state index < -0.39 is 0 Å². The number of hydrogen-bond acceptors (Lipinski definition) is 3. The zero-order valence-corrected chi connectivity index (χ0v) is 10.8. The van der Waals surface area contributed by atoms with Crippen LogP contribution in [0.3, 0.4) is 0 Å². The van der Waals surface area contributed by atoms with Gasteiger partial charge in [-0.15, -0.1) is 0 Å². The van der Waals surface area contributed by atoms with Crippen molar-refractivity contribution in [2.75, 3.05) is 0 Å². The van der Waals surface area contributed by atoms with Crippen molar-refractivity contribution in [3.8, 4) is 11.3 Å². The van der Waals surface area contributed by atoms with E-state index >= 15 is 0 Å². The first-order valence-corrected chi connectivity index (χ1v) is 6.38. The van der Waals surface area contributed by atoms with E-state index in [0.29, 0.717) is 6.54 Å². The van der Waals surface area contributed by atoms with E-state index in [4.69, 9.17) is 8.83 Å². The lowest BCUT2D eigenvalue weighted by molar-refractivity contribution is 0.492. The van der Waals surface area contributed by atoms with Crippen LogP contribution < -0.4 is 5.32 Å². The first-order valence-electron chi connectivity index (χ1n) is 6.38. The highest BCUT2D eigenvalue weighted by Gasteiger charge is 2.05. The van der Waals surface area contributed by atoms with Crippen molar-refractivity contribution in [1.82, 2.24) is 5.32 Å². The highest BCUT2D eigenvalue weighted by atomic mass is 19.1. The summed E-state index contributed by atoms with van der Waals surface area (Å²) >= 11 is 0. The Kier molecular flexibility index (Phi) is 3.65. The number of rotatable bonds is 5. The van der Waals surface area contributed by atoms with E-state index in [0.717, 1.165) is 29.2 Å². The first-order chi connectivity index (χ1) is 9.81. The number of hydrogen-bond donors (Lipinski definition) is 1. The van der Waals surface area contributed by atoms with E-state index in [1.807, 2.05) is 18.2 Å². The van der Waals surface area contributed by atoms with Crippen LogP contribution in [0.4, 0.5) is 4.39 Å². The van der Waals surface area contributed by atoms with E-state index in [1.54, 1.807) is 24.7 Å². The Hall–Kier alpha value is -2.33. The van der Waals surface area contributed by atoms with Crippen LogP contribution in [0.25, 0.3) is 11.3 Å². The minimum atomic E-state index is -0.248. The Morgan fingerprint density at radius 1 is 0.950 bits per heavy atom. The third kappa shape index (κ3) is 2.97. The molecule has 3 rings (SSSR count). The van der Waals surface area contributed by atoms with Gasteiger partial charge in [-0.2, -0.15) is 0 Å². The molecule has 0 bridgehead atoms. The number of benzene rings is 1. The first kappa shape index (κ1) is 12.7. The molecule has 0 radical (unpaired) electrons. The topological polar surface area (TPSA) is 38.3 Å². The van der Waals surface area contributed by atoms with E-state index in [2.05, 4.69) is 5.32 Å². The molecule has 2 aromatic heterocycles. The molecule has 3 aromatic rings. The number of nitrogens with one attached hydrogen (secondary N) is 1. The minimum Gasteiger partial charge on any atom is -0.472 e. The molecule has 1 N–H and O–H groups in total. The van der Waals surface area contributed by atoms with Crippen LogP contribution in [0.1, 0.15) is 11.3 Å². The summed E-state index contributed by atoms with van der Waals surface area (Å²) in [5, 5.41) is 3.26. The van der Waals surface area contributed by atoms with Gasteiger partial charge in [-0.3, -0.25) is 0 Å². The van der Waals surface area contributed by atoms with Gasteiger partial charge >= 0.3 is 0 Å². The zero-order valence-electron chi connectivity index (χ0n) is 10.8. The number of halogens is 1. The third-order valence-corrected chi connectivity index (χ3v) is 3.00. The van der Waals surface area contributed by atoms with Crippen molar-refractivity contribution < 1.29 is 13.2 Å². The van der Waals surface area contributed by atoms with Gasteiger partial charge in [-0.25, -0.2) is 4.39 Å². The SMILES string of the molecule is Fc1ccc(-c2ccc(CNCc3ccoc3)o2)cc1. The van der Waals surface area contributed by atoms with Gasteiger partial charge in [0.15, 0.2) is 0 Å². The van der Waals surface area contributed by atoms with Crippen molar-refractivity contribution in [2.24, 2.45) is 0 Å². The zero-order chi connectivity index (χ0) is 13.8. The van der Waals surface area contributed by atoms with E-state index in [-0.39, 0.29) is 5.82 Å². The summed E-state index contributed by atoms with van der Waals surface area (Å²) in [6, 6.07) is 12.0. The normalized spacial score (nSPS) is 10.8. The Labute approximate surface area is 116 Å². The lowest BCUT2D eigenvalue weighted by Gasteiger charge is -2.00. The highest BCUT2D eigenvalue weighted by molar-refractivity contribution is 5.57. The summed E-state index contributed by atoms with van der Waals surface area (Å²) in [7, 11) is 0. The maximum Gasteiger partial charge on any atom is 0.134 e. The van der Waals surface area contributed by atoms with Crippen LogP contribution in [0.5, 0.6) is 0 Å². The fourth-order valence-electron chi connectivity index (χ4n) is 1.97. The predicted molar refractivity (Wildman–Crippen MR) is 73.4 cm³/mol. The van der Waals surface area contributed by atoms with Crippen molar-refractivity contribution in [3.05, 3.63) is 72.1 Å². The molecule has 0 unspecified atom stereocenters. The van der Waals surface area contributed by atoms with Gasteiger partial charge in [-0.1, -0.05) is 0 Å². The molecule has 1 aromatic carbocycles. The van der Waals surface area contributed by atoms with Crippen molar-refractivity contribution >= 4 is 0 Å². The van der Waals surface area contributed by atoms with Gasteiger partial charge in [0.05, 0.1) is 19.1 Å². The summed E-state index contributed by atoms with van der Waals surface area (Å²) in [6.07, 6.45) is 3.36. The Morgan fingerprint density at radius 2 is 1.80 bits per heavy atom. The standard InChI is InChI=1S/C16H14FNO2/c17-14-3-1-13(2-4-14)16-6-5-15(20-16)10-18-9-12-7-8-19-11-12/h1-8,11,18H,9-10H2. The summed E-state index contributed by atoms with van der Waals surface area (Å²) in [6.45, 7) is 1.36. The van der Waals surface area contributed by atoms with Crippen LogP contribution in [0, 0.1) is 5.82 Å². The van der Waals surface area contributed by atoms with Crippen LogP contribution in [-0.2, 0) is 13.1 Å². The molecular formula is C16H14FNO2. The molecule has 0 amide bonds. The summed E-state index contributed by atoms with van der Waals surface area (Å²) < 4.78 is 23.6. The van der Waals surface area contributed by atoms with E-state index in [1.165, 1.54) is 12.1 Å². The molecule has 3 nitrogen and oxygen atoms in total. The summed E-state index contributed by atoms with van der Waals surface area (Å²) in [5.74, 6) is 1.33. The van der Waals surface area contributed by atoms with Crippen molar-refractivity contribution in [3.63, 3.8) is 0 Å². The third-order valence-electron chi connectivity index (χ3n) is 3.00. The molecule has 2 heterocycles. The fraction of sp³-hybridized carbons (Fsp3) is 0.125. The number of furan rings is 2. The molecule has 0 aliphatic rings. The molecule has 0 fully saturated rings. The van der Waals surface area contributed by atoms with Crippen LogP contribution in [0.15, 0.2) is 63.8 Å². The van der Waals surface area contributed by atoms with Crippen LogP contribution >= 0.6 is 0 Å². The smallest absolute Gasteiger partial charge is 0.134 e. The van der Waals surface area contributed by atoms with Gasteiger partial charge < -0.3 is 14.2 Å². The highest BCUT2D eigenvalue weighted by Crippen LogP contribution is 2.22. The molecular weight excluding hydrogens is 257 g/mol. The van der Waals surface area contributed by atoms with Crippen molar-refractivity contribution in [1.29, 1.82) is 0 Å². The van der Waals surface area contributed by atoms with Gasteiger partial charge in [0.25, 0.3) is 0 Å². The van der Waals surface area contributed by atoms with Gasteiger partial charge in [-0.05, 0) is 42.5 Å². The Balaban J connectivity index is 1.60. The lowest BCUT2D eigenvalue weighted by Crippen LogP contribution is -2.11. The van der Waals surface area contributed by atoms with E-state index in [9.17, 15) is 4.39 Å². The van der Waals surface area contributed by atoms with Gasteiger partial charge in [0.2, 0.25) is 0 Å². The molecule has 0 atom stereocenters. The maximum absolute atomic E-state index is 12.9.